The zero-order valence-electron chi connectivity index (χ0n) is 26.1. The van der Waals surface area contributed by atoms with Crippen molar-refractivity contribution in [2.75, 3.05) is 0 Å². The zero-order valence-corrected chi connectivity index (χ0v) is 26.1. The van der Waals surface area contributed by atoms with Crippen molar-refractivity contribution < 1.29 is 0 Å². The van der Waals surface area contributed by atoms with E-state index >= 15 is 0 Å². The fourth-order valence-corrected chi connectivity index (χ4v) is 6.73. The fraction of sp³-hybridized carbons (Fsp3) is 0. The molecule has 3 nitrogen and oxygen atoms in total. The van der Waals surface area contributed by atoms with E-state index in [1.54, 1.807) is 0 Å². The number of fused-ring (bicyclic) bond motifs is 3. The first kappa shape index (κ1) is 27.8. The fourth-order valence-electron chi connectivity index (χ4n) is 6.73. The predicted octanol–water partition coefficient (Wildman–Crippen LogP) is 11.7. The van der Waals surface area contributed by atoms with Gasteiger partial charge in [-0.3, -0.25) is 0 Å². The van der Waals surface area contributed by atoms with E-state index in [-0.39, 0.29) is 0 Å². The van der Waals surface area contributed by atoms with Gasteiger partial charge in [0.2, 0.25) is 0 Å². The first-order chi connectivity index (χ1) is 23.8. The lowest BCUT2D eigenvalue weighted by Crippen LogP contribution is -2.00. The zero-order chi connectivity index (χ0) is 31.9. The minimum atomic E-state index is 0.657. The highest BCUT2D eigenvalue weighted by atomic mass is 15.0. The van der Waals surface area contributed by atoms with Gasteiger partial charge in [-0.25, -0.2) is 15.0 Å². The van der Waals surface area contributed by atoms with Crippen LogP contribution in [0.25, 0.3) is 88.7 Å². The molecule has 0 fully saturated rings. The summed E-state index contributed by atoms with van der Waals surface area (Å²) in [6, 6.07) is 61.8. The Bertz CT molecular complexity index is 2550. The Morgan fingerprint density at radius 1 is 0.250 bits per heavy atom. The third kappa shape index (κ3) is 4.99. The normalized spacial score (nSPS) is 11.3. The minimum absolute atomic E-state index is 0.657. The standard InChI is InChI=1S/C45H29N3/c1-3-13-31(14-4-1)43-46-44(32-15-5-2-6-16-32)48-45(47-43)42-27-26-39(40-19-9-10-20-41(40)42)36-25-23-33-28-35(24-22-34(33)29-36)38-21-11-17-30-12-7-8-18-37(30)38/h1-29H. The van der Waals surface area contributed by atoms with E-state index in [0.29, 0.717) is 17.5 Å². The van der Waals surface area contributed by atoms with E-state index < -0.39 is 0 Å². The van der Waals surface area contributed by atoms with E-state index in [1.807, 2.05) is 60.7 Å². The highest BCUT2D eigenvalue weighted by Crippen LogP contribution is 2.38. The van der Waals surface area contributed by atoms with Gasteiger partial charge in [0.15, 0.2) is 17.5 Å². The van der Waals surface area contributed by atoms with Gasteiger partial charge in [-0.05, 0) is 72.8 Å². The summed E-state index contributed by atoms with van der Waals surface area (Å²) in [6.07, 6.45) is 0. The maximum absolute atomic E-state index is 5.02. The molecule has 0 saturated heterocycles. The van der Waals surface area contributed by atoms with Gasteiger partial charge in [0, 0.05) is 16.7 Å². The van der Waals surface area contributed by atoms with Gasteiger partial charge < -0.3 is 0 Å². The van der Waals surface area contributed by atoms with Gasteiger partial charge in [0.05, 0.1) is 0 Å². The average Bonchev–Trinajstić information content (AvgIpc) is 3.17. The van der Waals surface area contributed by atoms with Crippen LogP contribution in [0, 0.1) is 0 Å². The molecule has 1 aromatic heterocycles. The van der Waals surface area contributed by atoms with E-state index in [9.17, 15) is 0 Å². The molecule has 0 unspecified atom stereocenters. The van der Waals surface area contributed by atoms with Crippen molar-refractivity contribution in [3.05, 3.63) is 176 Å². The third-order valence-corrected chi connectivity index (χ3v) is 9.12. The van der Waals surface area contributed by atoms with Crippen LogP contribution in [0.1, 0.15) is 0 Å². The van der Waals surface area contributed by atoms with E-state index in [2.05, 4.69) is 115 Å². The quantitative estimate of drug-likeness (QED) is 0.194. The monoisotopic (exact) mass is 611 g/mol. The van der Waals surface area contributed by atoms with Crippen molar-refractivity contribution in [2.45, 2.75) is 0 Å². The van der Waals surface area contributed by atoms with Crippen LogP contribution in [-0.4, -0.2) is 15.0 Å². The number of nitrogens with zero attached hydrogens (tertiary/aromatic N) is 3. The number of benzene rings is 8. The molecular formula is C45H29N3. The second-order valence-electron chi connectivity index (χ2n) is 12.0. The summed E-state index contributed by atoms with van der Waals surface area (Å²) in [5.41, 5.74) is 7.72. The molecule has 0 aliphatic carbocycles. The summed E-state index contributed by atoms with van der Waals surface area (Å²) >= 11 is 0. The van der Waals surface area contributed by atoms with Gasteiger partial charge >= 0.3 is 0 Å². The van der Waals surface area contributed by atoms with Crippen molar-refractivity contribution >= 4 is 32.3 Å². The van der Waals surface area contributed by atoms with Gasteiger partial charge in [0.25, 0.3) is 0 Å². The predicted molar refractivity (Wildman–Crippen MR) is 200 cm³/mol. The summed E-state index contributed by atoms with van der Waals surface area (Å²) in [4.78, 5) is 14.9. The van der Waals surface area contributed by atoms with E-state index in [0.717, 1.165) is 27.5 Å². The molecule has 0 spiro atoms. The molecule has 9 aromatic rings. The molecule has 0 saturated carbocycles. The van der Waals surface area contributed by atoms with E-state index in [1.165, 1.54) is 43.8 Å². The molecule has 0 bridgehead atoms. The second-order valence-corrected chi connectivity index (χ2v) is 12.0. The minimum Gasteiger partial charge on any atom is -0.208 e. The van der Waals surface area contributed by atoms with Gasteiger partial charge in [-0.2, -0.15) is 0 Å². The smallest absolute Gasteiger partial charge is 0.164 e. The van der Waals surface area contributed by atoms with Crippen molar-refractivity contribution in [3.63, 3.8) is 0 Å². The van der Waals surface area contributed by atoms with Crippen molar-refractivity contribution in [2.24, 2.45) is 0 Å². The Morgan fingerprint density at radius 3 is 1.33 bits per heavy atom. The van der Waals surface area contributed by atoms with Crippen LogP contribution in [0.4, 0.5) is 0 Å². The topological polar surface area (TPSA) is 38.7 Å². The highest BCUT2D eigenvalue weighted by molar-refractivity contribution is 6.06. The second kappa shape index (κ2) is 11.7. The first-order valence-corrected chi connectivity index (χ1v) is 16.2. The molecule has 0 atom stereocenters. The molecular weight excluding hydrogens is 583 g/mol. The van der Waals surface area contributed by atoms with Crippen LogP contribution < -0.4 is 0 Å². The van der Waals surface area contributed by atoms with Crippen LogP contribution in [0.15, 0.2) is 176 Å². The lowest BCUT2D eigenvalue weighted by molar-refractivity contribution is 1.08. The van der Waals surface area contributed by atoms with Crippen LogP contribution in [-0.2, 0) is 0 Å². The first-order valence-electron chi connectivity index (χ1n) is 16.2. The lowest BCUT2D eigenvalue weighted by atomic mass is 9.92. The Hall–Kier alpha value is -6.45. The summed E-state index contributed by atoms with van der Waals surface area (Å²) in [6.45, 7) is 0. The molecule has 0 aliphatic heterocycles. The van der Waals surface area contributed by atoms with Crippen molar-refractivity contribution in [1.29, 1.82) is 0 Å². The molecule has 1 heterocycles. The van der Waals surface area contributed by atoms with Gasteiger partial charge in [-0.15, -0.1) is 0 Å². The van der Waals surface area contributed by atoms with E-state index in [4.69, 9.17) is 15.0 Å². The average molecular weight is 612 g/mol. The Morgan fingerprint density at radius 2 is 0.708 bits per heavy atom. The van der Waals surface area contributed by atoms with Crippen molar-refractivity contribution in [1.82, 2.24) is 15.0 Å². The third-order valence-electron chi connectivity index (χ3n) is 9.12. The molecule has 0 aliphatic rings. The Labute approximate surface area is 278 Å². The number of rotatable bonds is 5. The molecule has 224 valence electrons. The summed E-state index contributed by atoms with van der Waals surface area (Å²) in [5, 5.41) is 7.22. The largest absolute Gasteiger partial charge is 0.208 e. The SMILES string of the molecule is c1ccc(-c2nc(-c3ccccc3)nc(-c3ccc(-c4ccc5cc(-c6cccc7ccccc67)ccc5c4)c4ccccc34)n2)cc1. The Balaban J connectivity index is 1.15. The maximum Gasteiger partial charge on any atom is 0.164 e. The van der Waals surface area contributed by atoms with Crippen LogP contribution in [0.5, 0.6) is 0 Å². The molecule has 0 N–H and O–H groups in total. The number of hydrogen-bond acceptors (Lipinski definition) is 3. The number of hydrogen-bond donors (Lipinski definition) is 0. The molecule has 9 rings (SSSR count). The summed E-state index contributed by atoms with van der Waals surface area (Å²) < 4.78 is 0. The van der Waals surface area contributed by atoms with Crippen LogP contribution >= 0.6 is 0 Å². The van der Waals surface area contributed by atoms with Crippen molar-refractivity contribution in [3.8, 4) is 56.4 Å². The number of aromatic nitrogens is 3. The maximum atomic E-state index is 5.02. The summed E-state index contributed by atoms with van der Waals surface area (Å²) in [7, 11) is 0. The molecule has 3 heteroatoms. The Kier molecular flexibility index (Phi) is 6.80. The molecule has 8 aromatic carbocycles. The molecule has 0 amide bonds. The van der Waals surface area contributed by atoms with Gasteiger partial charge in [-0.1, -0.05) is 158 Å². The molecule has 48 heavy (non-hydrogen) atoms. The summed E-state index contributed by atoms with van der Waals surface area (Å²) in [5.74, 6) is 1.97. The lowest BCUT2D eigenvalue weighted by Gasteiger charge is -2.14. The van der Waals surface area contributed by atoms with Crippen LogP contribution in [0.3, 0.4) is 0 Å². The molecule has 0 radical (unpaired) electrons. The highest BCUT2D eigenvalue weighted by Gasteiger charge is 2.16. The van der Waals surface area contributed by atoms with Gasteiger partial charge in [0.1, 0.15) is 0 Å². The van der Waals surface area contributed by atoms with Crippen LogP contribution in [0.2, 0.25) is 0 Å².